The highest BCUT2D eigenvalue weighted by atomic mass is 19.1. The van der Waals surface area contributed by atoms with E-state index in [9.17, 15) is 4.39 Å². The number of hydrogen-bond acceptors (Lipinski definition) is 2. The van der Waals surface area contributed by atoms with Gasteiger partial charge in [0.15, 0.2) is 0 Å². The van der Waals surface area contributed by atoms with E-state index in [0.29, 0.717) is 0 Å². The maximum atomic E-state index is 12.7. The lowest BCUT2D eigenvalue weighted by Crippen LogP contribution is -2.10. The van der Waals surface area contributed by atoms with E-state index in [4.69, 9.17) is 0 Å². The van der Waals surface area contributed by atoms with Crippen LogP contribution in [-0.2, 0) is 13.0 Å². The van der Waals surface area contributed by atoms with E-state index >= 15 is 0 Å². The summed E-state index contributed by atoms with van der Waals surface area (Å²) in [4.78, 5) is 4.22. The van der Waals surface area contributed by atoms with Crippen molar-refractivity contribution in [2.24, 2.45) is 0 Å². The molecule has 0 spiro atoms. The summed E-state index contributed by atoms with van der Waals surface area (Å²) >= 11 is 0. The molecule has 0 atom stereocenters. The fraction of sp³-hybridized carbons (Fsp3) is 0.214. The second kappa shape index (κ2) is 6.00. The standard InChI is InChI=1S/C14H16FN3/c1-2-10-18-11-9-17-14(18)16-8-7-12-3-5-13(15)6-4-12/h2-6,9,11H,1,7-8,10H2,(H,16,17). The van der Waals surface area contributed by atoms with Crippen molar-refractivity contribution in [2.75, 3.05) is 11.9 Å². The second-order valence-electron chi connectivity index (χ2n) is 4.00. The quantitative estimate of drug-likeness (QED) is 0.793. The minimum Gasteiger partial charge on any atom is -0.355 e. The topological polar surface area (TPSA) is 29.9 Å². The van der Waals surface area contributed by atoms with Crippen LogP contribution in [0.5, 0.6) is 0 Å². The van der Waals surface area contributed by atoms with Crippen LogP contribution in [0.3, 0.4) is 0 Å². The molecular formula is C14H16FN3. The Bertz CT molecular complexity index is 502. The number of nitrogens with one attached hydrogen (secondary N) is 1. The maximum absolute atomic E-state index is 12.7. The Kier molecular flexibility index (Phi) is 4.12. The third-order valence-corrected chi connectivity index (χ3v) is 2.65. The monoisotopic (exact) mass is 245 g/mol. The number of imidazole rings is 1. The normalized spacial score (nSPS) is 10.3. The lowest BCUT2D eigenvalue weighted by Gasteiger charge is -2.07. The molecule has 94 valence electrons. The number of hydrogen-bond donors (Lipinski definition) is 1. The molecule has 0 saturated carbocycles. The number of anilines is 1. The molecule has 0 aliphatic heterocycles. The van der Waals surface area contributed by atoms with Crippen LogP contribution in [0.4, 0.5) is 10.3 Å². The van der Waals surface area contributed by atoms with Gasteiger partial charge in [0.1, 0.15) is 5.82 Å². The van der Waals surface area contributed by atoms with E-state index in [2.05, 4.69) is 16.9 Å². The van der Waals surface area contributed by atoms with Crippen molar-refractivity contribution in [1.82, 2.24) is 9.55 Å². The molecule has 1 N–H and O–H groups in total. The van der Waals surface area contributed by atoms with Gasteiger partial charge in [-0.1, -0.05) is 18.2 Å². The van der Waals surface area contributed by atoms with E-state index in [-0.39, 0.29) is 5.82 Å². The first-order valence-corrected chi connectivity index (χ1v) is 5.90. The highest BCUT2D eigenvalue weighted by Gasteiger charge is 2.00. The number of halogens is 1. The first-order valence-electron chi connectivity index (χ1n) is 5.90. The zero-order valence-electron chi connectivity index (χ0n) is 10.1. The van der Waals surface area contributed by atoms with Gasteiger partial charge in [-0.2, -0.15) is 0 Å². The number of rotatable bonds is 6. The van der Waals surface area contributed by atoms with Crippen molar-refractivity contribution in [2.45, 2.75) is 13.0 Å². The van der Waals surface area contributed by atoms with Crippen molar-refractivity contribution < 1.29 is 4.39 Å². The minimum atomic E-state index is -0.201. The SMILES string of the molecule is C=CCn1ccnc1NCCc1ccc(F)cc1. The fourth-order valence-electron chi connectivity index (χ4n) is 1.73. The van der Waals surface area contributed by atoms with Crippen LogP contribution in [0.1, 0.15) is 5.56 Å². The van der Waals surface area contributed by atoms with Crippen LogP contribution in [0, 0.1) is 5.82 Å². The van der Waals surface area contributed by atoms with Gasteiger partial charge in [-0.15, -0.1) is 6.58 Å². The molecule has 2 aromatic rings. The molecule has 0 bridgehead atoms. The summed E-state index contributed by atoms with van der Waals surface area (Å²) in [7, 11) is 0. The molecule has 0 radical (unpaired) electrons. The van der Waals surface area contributed by atoms with Gasteiger partial charge >= 0.3 is 0 Å². The Labute approximate surface area is 106 Å². The molecule has 0 fully saturated rings. The van der Waals surface area contributed by atoms with Gasteiger partial charge < -0.3 is 9.88 Å². The van der Waals surface area contributed by atoms with Crippen LogP contribution < -0.4 is 5.32 Å². The van der Waals surface area contributed by atoms with E-state index in [0.717, 1.165) is 31.0 Å². The second-order valence-corrected chi connectivity index (χ2v) is 4.00. The highest BCUT2D eigenvalue weighted by Crippen LogP contribution is 2.06. The molecular weight excluding hydrogens is 229 g/mol. The number of allylic oxidation sites excluding steroid dienone is 1. The first-order chi connectivity index (χ1) is 8.79. The molecule has 1 heterocycles. The van der Waals surface area contributed by atoms with E-state index in [1.807, 2.05) is 16.8 Å². The Morgan fingerprint density at radius 2 is 2.11 bits per heavy atom. The Hall–Kier alpha value is -2.10. The summed E-state index contributed by atoms with van der Waals surface area (Å²) in [6.45, 7) is 5.20. The number of benzene rings is 1. The minimum absolute atomic E-state index is 0.201. The highest BCUT2D eigenvalue weighted by molar-refractivity contribution is 5.27. The molecule has 1 aromatic carbocycles. The van der Waals surface area contributed by atoms with Gasteiger partial charge in [0.2, 0.25) is 5.95 Å². The molecule has 0 unspecified atom stereocenters. The molecule has 18 heavy (non-hydrogen) atoms. The van der Waals surface area contributed by atoms with Crippen LogP contribution >= 0.6 is 0 Å². The molecule has 3 nitrogen and oxygen atoms in total. The fourth-order valence-corrected chi connectivity index (χ4v) is 1.73. The summed E-state index contributed by atoms with van der Waals surface area (Å²) in [5.74, 6) is 0.630. The van der Waals surface area contributed by atoms with Crippen LogP contribution in [0.15, 0.2) is 49.3 Å². The number of aromatic nitrogens is 2. The van der Waals surface area contributed by atoms with Crippen LogP contribution in [0.25, 0.3) is 0 Å². The summed E-state index contributed by atoms with van der Waals surface area (Å²) in [6.07, 6.45) is 6.32. The summed E-state index contributed by atoms with van der Waals surface area (Å²) in [5.41, 5.74) is 1.10. The zero-order chi connectivity index (χ0) is 12.8. The summed E-state index contributed by atoms with van der Waals surface area (Å²) in [6, 6.07) is 6.56. The van der Waals surface area contributed by atoms with E-state index in [1.165, 1.54) is 12.1 Å². The van der Waals surface area contributed by atoms with Crippen molar-refractivity contribution in [1.29, 1.82) is 0 Å². The summed E-state index contributed by atoms with van der Waals surface area (Å²) in [5, 5.41) is 3.25. The molecule has 0 saturated heterocycles. The molecule has 4 heteroatoms. The molecule has 2 rings (SSSR count). The van der Waals surface area contributed by atoms with Crippen molar-refractivity contribution >= 4 is 5.95 Å². The first kappa shape index (κ1) is 12.4. The van der Waals surface area contributed by atoms with Crippen LogP contribution in [0.2, 0.25) is 0 Å². The van der Waals surface area contributed by atoms with Gasteiger partial charge in [0.25, 0.3) is 0 Å². The lowest BCUT2D eigenvalue weighted by molar-refractivity contribution is 0.627. The van der Waals surface area contributed by atoms with Crippen LogP contribution in [-0.4, -0.2) is 16.1 Å². The van der Waals surface area contributed by atoms with Gasteiger partial charge in [-0.05, 0) is 24.1 Å². The average molecular weight is 245 g/mol. The van der Waals surface area contributed by atoms with Crippen molar-refractivity contribution in [3.63, 3.8) is 0 Å². The zero-order valence-corrected chi connectivity index (χ0v) is 10.1. The van der Waals surface area contributed by atoms with E-state index in [1.54, 1.807) is 18.3 Å². The molecule has 0 amide bonds. The van der Waals surface area contributed by atoms with Gasteiger partial charge in [-0.3, -0.25) is 0 Å². The predicted molar refractivity (Wildman–Crippen MR) is 71.0 cm³/mol. The third-order valence-electron chi connectivity index (χ3n) is 2.65. The maximum Gasteiger partial charge on any atom is 0.203 e. The molecule has 1 aromatic heterocycles. The Morgan fingerprint density at radius 1 is 1.33 bits per heavy atom. The van der Waals surface area contributed by atoms with Gasteiger partial charge in [0.05, 0.1) is 0 Å². The summed E-state index contributed by atoms with van der Waals surface area (Å²) < 4.78 is 14.7. The smallest absolute Gasteiger partial charge is 0.203 e. The van der Waals surface area contributed by atoms with E-state index < -0.39 is 0 Å². The molecule has 0 aliphatic carbocycles. The predicted octanol–water partition coefficient (Wildman–Crippen LogP) is 2.86. The Morgan fingerprint density at radius 3 is 2.83 bits per heavy atom. The third kappa shape index (κ3) is 3.20. The Balaban J connectivity index is 1.86. The lowest BCUT2D eigenvalue weighted by atomic mass is 10.1. The van der Waals surface area contributed by atoms with Crippen molar-refractivity contribution in [3.05, 3.63) is 60.7 Å². The number of nitrogens with zero attached hydrogens (tertiary/aromatic N) is 2. The average Bonchev–Trinajstić information content (AvgIpc) is 2.80. The van der Waals surface area contributed by atoms with Crippen molar-refractivity contribution in [3.8, 4) is 0 Å². The van der Waals surface area contributed by atoms with Gasteiger partial charge in [0, 0.05) is 25.5 Å². The van der Waals surface area contributed by atoms with Gasteiger partial charge in [-0.25, -0.2) is 9.37 Å². The molecule has 0 aliphatic rings. The largest absolute Gasteiger partial charge is 0.355 e.